The van der Waals surface area contributed by atoms with Gasteiger partial charge < -0.3 is 14.2 Å². The van der Waals surface area contributed by atoms with Crippen molar-refractivity contribution in [2.24, 2.45) is 0 Å². The Hall–Kier alpha value is -1.55. The molecule has 0 fully saturated rings. The molecule has 0 saturated heterocycles. The molecule has 0 aliphatic carbocycles. The van der Waals surface area contributed by atoms with Gasteiger partial charge in [0.25, 0.3) is 0 Å². The van der Waals surface area contributed by atoms with E-state index in [0.29, 0.717) is 31.3 Å². The Morgan fingerprint density at radius 3 is 2.50 bits per heavy atom. The summed E-state index contributed by atoms with van der Waals surface area (Å²) in [6, 6.07) is 7.05. The van der Waals surface area contributed by atoms with Crippen LogP contribution in [0.2, 0.25) is 0 Å². The van der Waals surface area contributed by atoms with Crippen LogP contribution in [-0.4, -0.2) is 25.8 Å². The number of hydrogen-bond donors (Lipinski definition) is 0. The van der Waals surface area contributed by atoms with Crippen molar-refractivity contribution in [2.45, 2.75) is 13.8 Å². The zero-order valence-electron chi connectivity index (χ0n) is 9.56. The van der Waals surface area contributed by atoms with Crippen LogP contribution < -0.4 is 9.47 Å². The SMILES string of the molecule is CCOCCOc1ccccc1OC(C)=O. The topological polar surface area (TPSA) is 44.8 Å². The van der Waals surface area contributed by atoms with Gasteiger partial charge in [-0.1, -0.05) is 12.1 Å². The summed E-state index contributed by atoms with van der Waals surface area (Å²) in [4.78, 5) is 10.8. The van der Waals surface area contributed by atoms with E-state index in [1.165, 1.54) is 6.92 Å². The van der Waals surface area contributed by atoms with Gasteiger partial charge in [0.05, 0.1) is 6.61 Å². The van der Waals surface area contributed by atoms with Gasteiger partial charge in [0.1, 0.15) is 6.61 Å². The third kappa shape index (κ3) is 4.31. The van der Waals surface area contributed by atoms with E-state index in [2.05, 4.69) is 0 Å². The zero-order valence-corrected chi connectivity index (χ0v) is 9.56. The summed E-state index contributed by atoms with van der Waals surface area (Å²) in [7, 11) is 0. The fourth-order valence-corrected chi connectivity index (χ4v) is 1.16. The molecular formula is C12H16O4. The van der Waals surface area contributed by atoms with Crippen molar-refractivity contribution in [3.63, 3.8) is 0 Å². The summed E-state index contributed by atoms with van der Waals surface area (Å²) in [6.45, 7) is 4.90. The molecule has 16 heavy (non-hydrogen) atoms. The van der Waals surface area contributed by atoms with Gasteiger partial charge in [-0.3, -0.25) is 4.79 Å². The molecule has 0 spiro atoms. The second kappa shape index (κ2) is 6.85. The lowest BCUT2D eigenvalue weighted by Crippen LogP contribution is -2.08. The molecule has 0 bridgehead atoms. The Balaban J connectivity index is 2.53. The Labute approximate surface area is 95.1 Å². The first kappa shape index (κ1) is 12.5. The van der Waals surface area contributed by atoms with Crippen LogP contribution in [0.4, 0.5) is 0 Å². The highest BCUT2D eigenvalue weighted by atomic mass is 16.6. The van der Waals surface area contributed by atoms with Gasteiger partial charge in [-0.25, -0.2) is 0 Å². The molecule has 4 nitrogen and oxygen atoms in total. The predicted octanol–water partition coefficient (Wildman–Crippen LogP) is 2.03. The summed E-state index contributed by atoms with van der Waals surface area (Å²) >= 11 is 0. The largest absolute Gasteiger partial charge is 0.487 e. The number of para-hydroxylation sites is 2. The van der Waals surface area contributed by atoms with Crippen molar-refractivity contribution in [3.8, 4) is 11.5 Å². The van der Waals surface area contributed by atoms with Crippen LogP contribution in [-0.2, 0) is 9.53 Å². The lowest BCUT2D eigenvalue weighted by atomic mass is 10.3. The monoisotopic (exact) mass is 224 g/mol. The van der Waals surface area contributed by atoms with Crippen LogP contribution in [0.25, 0.3) is 0 Å². The van der Waals surface area contributed by atoms with Gasteiger partial charge in [-0.05, 0) is 19.1 Å². The molecule has 0 atom stereocenters. The van der Waals surface area contributed by atoms with E-state index in [0.717, 1.165) is 0 Å². The molecule has 0 aliphatic rings. The highest BCUT2D eigenvalue weighted by Crippen LogP contribution is 2.26. The summed E-state index contributed by atoms with van der Waals surface area (Å²) < 4.78 is 15.6. The third-order valence-corrected chi connectivity index (χ3v) is 1.79. The summed E-state index contributed by atoms with van der Waals surface area (Å²) in [6.07, 6.45) is 0. The van der Waals surface area contributed by atoms with E-state index < -0.39 is 0 Å². The normalized spacial score (nSPS) is 9.88. The van der Waals surface area contributed by atoms with E-state index in [4.69, 9.17) is 14.2 Å². The highest BCUT2D eigenvalue weighted by molar-refractivity contribution is 5.70. The molecule has 88 valence electrons. The first-order valence-corrected chi connectivity index (χ1v) is 5.22. The van der Waals surface area contributed by atoms with Gasteiger partial charge in [0.15, 0.2) is 11.5 Å². The van der Waals surface area contributed by atoms with Gasteiger partial charge in [0.2, 0.25) is 0 Å². The minimum Gasteiger partial charge on any atom is -0.487 e. The average molecular weight is 224 g/mol. The molecule has 1 aromatic carbocycles. The molecule has 4 heteroatoms. The predicted molar refractivity (Wildman–Crippen MR) is 59.7 cm³/mol. The number of carbonyl (C=O) groups is 1. The van der Waals surface area contributed by atoms with E-state index >= 15 is 0 Å². The van der Waals surface area contributed by atoms with Gasteiger partial charge in [-0.2, -0.15) is 0 Å². The van der Waals surface area contributed by atoms with Gasteiger partial charge in [0, 0.05) is 13.5 Å². The quantitative estimate of drug-likeness (QED) is 0.421. The summed E-state index contributed by atoms with van der Waals surface area (Å²) in [5.74, 6) is 0.629. The van der Waals surface area contributed by atoms with Crippen molar-refractivity contribution in [1.82, 2.24) is 0 Å². The molecular weight excluding hydrogens is 208 g/mol. The maximum atomic E-state index is 10.8. The van der Waals surface area contributed by atoms with E-state index in [1.54, 1.807) is 18.2 Å². The molecule has 0 heterocycles. The van der Waals surface area contributed by atoms with Gasteiger partial charge >= 0.3 is 5.97 Å². The van der Waals surface area contributed by atoms with Crippen molar-refractivity contribution in [1.29, 1.82) is 0 Å². The Morgan fingerprint density at radius 1 is 1.19 bits per heavy atom. The Bertz CT molecular complexity index is 336. The minimum absolute atomic E-state index is 0.360. The van der Waals surface area contributed by atoms with Crippen LogP contribution in [0.3, 0.4) is 0 Å². The maximum absolute atomic E-state index is 10.8. The number of esters is 1. The standard InChI is InChI=1S/C12H16O4/c1-3-14-8-9-15-11-6-4-5-7-12(11)16-10(2)13/h4-7H,3,8-9H2,1-2H3. The van der Waals surface area contributed by atoms with Crippen LogP contribution in [0.5, 0.6) is 11.5 Å². The minimum atomic E-state index is -0.360. The van der Waals surface area contributed by atoms with Crippen LogP contribution in [0, 0.1) is 0 Å². The lowest BCUT2D eigenvalue weighted by molar-refractivity contribution is -0.132. The smallest absolute Gasteiger partial charge is 0.308 e. The fraction of sp³-hybridized carbons (Fsp3) is 0.417. The van der Waals surface area contributed by atoms with Crippen molar-refractivity contribution in [2.75, 3.05) is 19.8 Å². The van der Waals surface area contributed by atoms with Crippen LogP contribution in [0.1, 0.15) is 13.8 Å². The Kier molecular flexibility index (Phi) is 5.36. The number of ether oxygens (including phenoxy) is 3. The fourth-order valence-electron chi connectivity index (χ4n) is 1.16. The molecule has 0 aliphatic heterocycles. The molecule has 0 aromatic heterocycles. The lowest BCUT2D eigenvalue weighted by Gasteiger charge is -2.10. The first-order valence-electron chi connectivity index (χ1n) is 5.22. The first-order chi connectivity index (χ1) is 7.74. The van der Waals surface area contributed by atoms with E-state index in [1.807, 2.05) is 13.0 Å². The molecule has 0 radical (unpaired) electrons. The molecule has 1 aromatic rings. The van der Waals surface area contributed by atoms with E-state index in [-0.39, 0.29) is 5.97 Å². The molecule has 0 unspecified atom stereocenters. The molecule has 0 saturated carbocycles. The molecule has 0 N–H and O–H groups in total. The molecule has 1 rings (SSSR count). The second-order valence-corrected chi connectivity index (χ2v) is 3.09. The van der Waals surface area contributed by atoms with Crippen molar-refractivity contribution in [3.05, 3.63) is 24.3 Å². The van der Waals surface area contributed by atoms with Crippen molar-refractivity contribution < 1.29 is 19.0 Å². The number of hydrogen-bond acceptors (Lipinski definition) is 4. The highest BCUT2D eigenvalue weighted by Gasteiger charge is 2.05. The van der Waals surface area contributed by atoms with Gasteiger partial charge in [-0.15, -0.1) is 0 Å². The number of rotatable bonds is 6. The number of benzene rings is 1. The van der Waals surface area contributed by atoms with Crippen LogP contribution >= 0.6 is 0 Å². The maximum Gasteiger partial charge on any atom is 0.308 e. The summed E-state index contributed by atoms with van der Waals surface area (Å²) in [5.41, 5.74) is 0. The Morgan fingerprint density at radius 2 is 1.88 bits per heavy atom. The molecule has 0 amide bonds. The van der Waals surface area contributed by atoms with E-state index in [9.17, 15) is 4.79 Å². The summed E-state index contributed by atoms with van der Waals surface area (Å²) in [5, 5.41) is 0. The van der Waals surface area contributed by atoms with Crippen LogP contribution in [0.15, 0.2) is 24.3 Å². The zero-order chi connectivity index (χ0) is 11.8. The van der Waals surface area contributed by atoms with Crippen molar-refractivity contribution >= 4 is 5.97 Å². The average Bonchev–Trinajstić information content (AvgIpc) is 2.26. The number of carbonyl (C=O) groups excluding carboxylic acids is 1. The third-order valence-electron chi connectivity index (χ3n) is 1.79. The second-order valence-electron chi connectivity index (χ2n) is 3.09.